The predicted octanol–water partition coefficient (Wildman–Crippen LogP) is 5.31. The van der Waals surface area contributed by atoms with Crippen LogP contribution in [0.25, 0.3) is 22.7 Å². The van der Waals surface area contributed by atoms with Crippen molar-refractivity contribution >= 4 is 35.3 Å². The number of hydrogen-bond donors (Lipinski definition) is 1. The maximum atomic E-state index is 5.51. The van der Waals surface area contributed by atoms with Gasteiger partial charge in [0.2, 0.25) is 5.16 Å². The first-order valence-electron chi connectivity index (χ1n) is 9.11. The zero-order chi connectivity index (χ0) is 20.9. The first-order chi connectivity index (χ1) is 14.6. The van der Waals surface area contributed by atoms with E-state index >= 15 is 0 Å². The van der Waals surface area contributed by atoms with Crippen LogP contribution >= 0.6 is 23.1 Å². The number of hydrogen-bond acceptors (Lipinski definition) is 8. The van der Waals surface area contributed by atoms with Gasteiger partial charge >= 0.3 is 0 Å². The van der Waals surface area contributed by atoms with Crippen LogP contribution in [0.1, 0.15) is 23.0 Å². The summed E-state index contributed by atoms with van der Waals surface area (Å²) in [7, 11) is 3.25. The van der Waals surface area contributed by atoms with E-state index in [1.165, 1.54) is 11.8 Å². The molecule has 0 unspecified atom stereocenters. The lowest BCUT2D eigenvalue weighted by molar-refractivity contribution is 0.355. The summed E-state index contributed by atoms with van der Waals surface area (Å²) in [6.07, 6.45) is 3.70. The van der Waals surface area contributed by atoms with Crippen LogP contribution in [0, 0.1) is 6.92 Å². The fourth-order valence-electron chi connectivity index (χ4n) is 2.71. The highest BCUT2D eigenvalue weighted by Crippen LogP contribution is 2.34. The van der Waals surface area contributed by atoms with E-state index in [2.05, 4.69) is 15.2 Å². The Balaban J connectivity index is 1.38. The molecule has 9 heteroatoms. The molecule has 0 bridgehead atoms. The minimum atomic E-state index is 0.672. The average Bonchev–Trinajstić information content (AvgIpc) is 3.51. The number of thioether (sulfide) groups is 1. The number of nitrogens with one attached hydrogen (secondary N) is 1. The SMILES string of the molecule is COc1ccc(-c2nc(CSc3n[nH]c(/C=C/c4ccc(C)o4)n3)cs2)cc1OC. The molecule has 154 valence electrons. The third-order valence-electron chi connectivity index (χ3n) is 4.18. The number of ether oxygens (including phenoxy) is 2. The van der Waals surface area contributed by atoms with Crippen LogP contribution < -0.4 is 9.47 Å². The second-order valence-electron chi connectivity index (χ2n) is 6.29. The topological polar surface area (TPSA) is 86.1 Å². The first kappa shape index (κ1) is 20.2. The van der Waals surface area contributed by atoms with Gasteiger partial charge in [0.05, 0.1) is 19.9 Å². The molecule has 0 aliphatic rings. The van der Waals surface area contributed by atoms with Crippen molar-refractivity contribution in [1.29, 1.82) is 0 Å². The van der Waals surface area contributed by atoms with Crippen molar-refractivity contribution in [2.24, 2.45) is 0 Å². The van der Waals surface area contributed by atoms with Gasteiger partial charge in [-0.05, 0) is 49.4 Å². The molecule has 0 spiro atoms. The zero-order valence-electron chi connectivity index (χ0n) is 16.7. The Kier molecular flexibility index (Phi) is 6.20. The molecule has 0 atom stereocenters. The fourth-order valence-corrected chi connectivity index (χ4v) is 4.34. The fraction of sp³-hybridized carbons (Fsp3) is 0.190. The molecule has 4 rings (SSSR count). The Labute approximate surface area is 182 Å². The number of thiazole rings is 1. The van der Waals surface area contributed by atoms with Crippen LogP contribution in [0.5, 0.6) is 11.5 Å². The molecular formula is C21H20N4O3S2. The standard InChI is InChI=1S/C21H20N4O3S2/c1-13-4-6-16(28-13)7-9-19-23-21(25-24-19)30-12-15-11-29-20(22-15)14-5-8-17(26-2)18(10-14)27-3/h4-11H,12H2,1-3H3,(H,23,24,25)/b9-7+. The van der Waals surface area contributed by atoms with Crippen LogP contribution in [0.3, 0.4) is 0 Å². The number of nitrogens with zero attached hydrogens (tertiary/aromatic N) is 3. The second kappa shape index (κ2) is 9.19. The maximum Gasteiger partial charge on any atom is 0.209 e. The van der Waals surface area contributed by atoms with Crippen LogP contribution in [-0.2, 0) is 5.75 Å². The van der Waals surface area contributed by atoms with Crippen molar-refractivity contribution in [3.8, 4) is 22.1 Å². The molecule has 0 radical (unpaired) electrons. The third kappa shape index (κ3) is 4.74. The van der Waals surface area contributed by atoms with Gasteiger partial charge in [0.25, 0.3) is 0 Å². The molecule has 3 aromatic heterocycles. The van der Waals surface area contributed by atoms with Crippen molar-refractivity contribution < 1.29 is 13.9 Å². The molecule has 4 aromatic rings. The zero-order valence-corrected chi connectivity index (χ0v) is 18.3. The Hall–Kier alpha value is -3.04. The first-order valence-corrected chi connectivity index (χ1v) is 11.0. The normalized spacial score (nSPS) is 11.3. The Morgan fingerprint density at radius 3 is 2.73 bits per heavy atom. The average molecular weight is 441 g/mol. The monoisotopic (exact) mass is 440 g/mol. The van der Waals surface area contributed by atoms with E-state index in [1.54, 1.807) is 25.6 Å². The van der Waals surface area contributed by atoms with Gasteiger partial charge in [0, 0.05) is 16.7 Å². The number of methoxy groups -OCH3 is 2. The Morgan fingerprint density at radius 2 is 1.97 bits per heavy atom. The van der Waals surface area contributed by atoms with E-state index in [9.17, 15) is 0 Å². The lowest BCUT2D eigenvalue weighted by Crippen LogP contribution is -1.90. The number of aromatic nitrogens is 4. The number of aromatic amines is 1. The number of H-pyrrole nitrogens is 1. The van der Waals surface area contributed by atoms with Gasteiger partial charge in [-0.15, -0.1) is 16.4 Å². The van der Waals surface area contributed by atoms with Crippen LogP contribution in [0.15, 0.2) is 45.3 Å². The number of benzene rings is 1. The molecule has 0 fully saturated rings. The van der Waals surface area contributed by atoms with Crippen molar-refractivity contribution in [2.45, 2.75) is 17.8 Å². The molecule has 7 nitrogen and oxygen atoms in total. The molecule has 0 aliphatic carbocycles. The van der Waals surface area contributed by atoms with Gasteiger partial charge in [-0.1, -0.05) is 11.8 Å². The maximum absolute atomic E-state index is 5.51. The van der Waals surface area contributed by atoms with E-state index in [-0.39, 0.29) is 0 Å². The van der Waals surface area contributed by atoms with Crippen LogP contribution in [-0.4, -0.2) is 34.4 Å². The third-order valence-corrected chi connectivity index (χ3v) is 6.00. The largest absolute Gasteiger partial charge is 0.493 e. The van der Waals surface area contributed by atoms with Gasteiger partial charge in [0.15, 0.2) is 11.5 Å². The molecule has 0 saturated carbocycles. The minimum Gasteiger partial charge on any atom is -0.493 e. The van der Waals surface area contributed by atoms with Crippen molar-refractivity contribution in [1.82, 2.24) is 20.2 Å². The summed E-state index contributed by atoms with van der Waals surface area (Å²) in [4.78, 5) is 9.19. The highest BCUT2D eigenvalue weighted by Gasteiger charge is 2.11. The van der Waals surface area contributed by atoms with Gasteiger partial charge in [-0.3, -0.25) is 5.10 Å². The van der Waals surface area contributed by atoms with Crippen LogP contribution in [0.2, 0.25) is 0 Å². The lowest BCUT2D eigenvalue weighted by atomic mass is 10.2. The summed E-state index contributed by atoms with van der Waals surface area (Å²) in [6, 6.07) is 9.63. The second-order valence-corrected chi connectivity index (χ2v) is 8.09. The summed E-state index contributed by atoms with van der Waals surface area (Å²) in [5.41, 5.74) is 1.97. The van der Waals surface area contributed by atoms with Gasteiger partial charge in [0.1, 0.15) is 22.4 Å². The minimum absolute atomic E-state index is 0.672. The lowest BCUT2D eigenvalue weighted by Gasteiger charge is -2.08. The number of furan rings is 1. The quantitative estimate of drug-likeness (QED) is 0.372. The Bertz CT molecular complexity index is 1160. The van der Waals surface area contributed by atoms with Crippen molar-refractivity contribution in [2.75, 3.05) is 14.2 Å². The summed E-state index contributed by atoms with van der Waals surface area (Å²) >= 11 is 3.12. The molecule has 1 N–H and O–H groups in total. The molecule has 0 amide bonds. The predicted molar refractivity (Wildman–Crippen MR) is 119 cm³/mol. The van der Waals surface area contributed by atoms with Crippen LogP contribution in [0.4, 0.5) is 0 Å². The molecule has 0 aliphatic heterocycles. The number of rotatable bonds is 8. The smallest absolute Gasteiger partial charge is 0.209 e. The summed E-state index contributed by atoms with van der Waals surface area (Å²) in [6.45, 7) is 1.91. The van der Waals surface area contributed by atoms with E-state index < -0.39 is 0 Å². The van der Waals surface area contributed by atoms with Gasteiger partial charge in [-0.2, -0.15) is 0 Å². The van der Waals surface area contributed by atoms with E-state index in [0.717, 1.165) is 27.8 Å². The van der Waals surface area contributed by atoms with Gasteiger partial charge < -0.3 is 13.9 Å². The van der Waals surface area contributed by atoms with Crippen molar-refractivity contribution in [3.63, 3.8) is 0 Å². The molecule has 0 saturated heterocycles. The highest BCUT2D eigenvalue weighted by atomic mass is 32.2. The molecule has 1 aromatic carbocycles. The van der Waals surface area contributed by atoms with Crippen molar-refractivity contribution in [3.05, 3.63) is 58.8 Å². The Morgan fingerprint density at radius 1 is 1.10 bits per heavy atom. The molecular weight excluding hydrogens is 420 g/mol. The van der Waals surface area contributed by atoms with E-state index in [1.807, 2.05) is 54.8 Å². The summed E-state index contributed by atoms with van der Waals surface area (Å²) in [5, 5.41) is 10.8. The molecule has 3 heterocycles. The highest BCUT2D eigenvalue weighted by molar-refractivity contribution is 7.98. The van der Waals surface area contributed by atoms with E-state index in [0.29, 0.717) is 28.2 Å². The number of aryl methyl sites for hydroxylation is 1. The summed E-state index contributed by atoms with van der Waals surface area (Å²) in [5.74, 6) is 4.40. The van der Waals surface area contributed by atoms with E-state index in [4.69, 9.17) is 18.9 Å². The van der Waals surface area contributed by atoms with Gasteiger partial charge in [-0.25, -0.2) is 9.97 Å². The molecule has 30 heavy (non-hydrogen) atoms. The summed E-state index contributed by atoms with van der Waals surface area (Å²) < 4.78 is 16.2.